The van der Waals surface area contributed by atoms with Gasteiger partial charge in [0.05, 0.1) is 0 Å². The first-order valence-corrected chi connectivity index (χ1v) is 6.15. The molecule has 0 aromatic heterocycles. The lowest BCUT2D eigenvalue weighted by Crippen LogP contribution is -1.99. The minimum Gasteiger partial charge on any atom is -0.381 e. The quantitative estimate of drug-likeness (QED) is 0.864. The van der Waals surface area contributed by atoms with Crippen LogP contribution >= 0.6 is 27.5 Å². The lowest BCUT2D eigenvalue weighted by Gasteiger charge is -2.08. The summed E-state index contributed by atoms with van der Waals surface area (Å²) in [6.07, 6.45) is 0. The van der Waals surface area contributed by atoms with E-state index in [9.17, 15) is 0 Å². The van der Waals surface area contributed by atoms with Crippen LogP contribution < -0.4 is 5.32 Å². The van der Waals surface area contributed by atoms with Crippen molar-refractivity contribution >= 4 is 33.2 Å². The number of anilines is 1. The number of hydrogen-bond donors (Lipinski definition) is 1. The van der Waals surface area contributed by atoms with Gasteiger partial charge in [0, 0.05) is 21.7 Å². The molecule has 82 valence electrons. The van der Waals surface area contributed by atoms with Crippen molar-refractivity contribution < 1.29 is 0 Å². The summed E-state index contributed by atoms with van der Waals surface area (Å²) in [6.45, 7) is 0.780. The Labute approximate surface area is 109 Å². The van der Waals surface area contributed by atoms with Crippen LogP contribution in [0.2, 0.25) is 5.02 Å². The normalized spacial score (nSPS) is 10.1. The second-order valence-electron chi connectivity index (χ2n) is 3.46. The number of nitrogens with one attached hydrogen (secondary N) is 1. The lowest BCUT2D eigenvalue weighted by atomic mass is 10.2. The second kappa shape index (κ2) is 5.37. The van der Waals surface area contributed by atoms with Crippen LogP contribution in [0.25, 0.3) is 0 Å². The van der Waals surface area contributed by atoms with E-state index in [1.54, 1.807) is 0 Å². The van der Waals surface area contributed by atoms with Gasteiger partial charge in [-0.3, -0.25) is 0 Å². The van der Waals surface area contributed by atoms with E-state index >= 15 is 0 Å². The van der Waals surface area contributed by atoms with Crippen LogP contribution in [0.1, 0.15) is 5.56 Å². The molecule has 2 aromatic carbocycles. The number of halogens is 2. The molecule has 0 amide bonds. The van der Waals surface area contributed by atoms with Gasteiger partial charge in [-0.1, -0.05) is 51.8 Å². The van der Waals surface area contributed by atoms with E-state index in [4.69, 9.17) is 11.6 Å². The fraction of sp³-hybridized carbons (Fsp3) is 0.0769. The molecular formula is C13H11BrClN. The number of rotatable bonds is 3. The molecule has 0 radical (unpaired) electrons. The van der Waals surface area contributed by atoms with Gasteiger partial charge in [0.1, 0.15) is 0 Å². The van der Waals surface area contributed by atoms with Gasteiger partial charge in [-0.2, -0.15) is 0 Å². The average Bonchev–Trinajstić information content (AvgIpc) is 2.29. The van der Waals surface area contributed by atoms with Crippen molar-refractivity contribution in [3.8, 4) is 0 Å². The Morgan fingerprint density at radius 3 is 2.50 bits per heavy atom. The van der Waals surface area contributed by atoms with Gasteiger partial charge in [-0.05, 0) is 29.8 Å². The van der Waals surface area contributed by atoms with Crippen LogP contribution in [0, 0.1) is 0 Å². The molecule has 0 heterocycles. The Balaban J connectivity index is 2.05. The van der Waals surface area contributed by atoms with E-state index in [0.29, 0.717) is 0 Å². The zero-order valence-corrected chi connectivity index (χ0v) is 10.9. The Morgan fingerprint density at radius 1 is 1.06 bits per heavy atom. The molecule has 0 fully saturated rings. The summed E-state index contributed by atoms with van der Waals surface area (Å²) in [7, 11) is 0. The highest BCUT2D eigenvalue weighted by atomic mass is 79.9. The molecule has 0 bridgehead atoms. The highest BCUT2D eigenvalue weighted by Gasteiger charge is 2.00. The molecule has 0 aliphatic rings. The third-order valence-corrected chi connectivity index (χ3v) is 3.25. The minimum absolute atomic E-state index is 0.746. The van der Waals surface area contributed by atoms with Crippen LogP contribution in [-0.2, 0) is 6.54 Å². The van der Waals surface area contributed by atoms with E-state index in [1.807, 2.05) is 48.5 Å². The molecule has 0 unspecified atom stereocenters. The minimum atomic E-state index is 0.746. The summed E-state index contributed by atoms with van der Waals surface area (Å²) in [5, 5.41) is 4.09. The van der Waals surface area contributed by atoms with Crippen molar-refractivity contribution in [3.63, 3.8) is 0 Å². The monoisotopic (exact) mass is 295 g/mol. The zero-order valence-electron chi connectivity index (χ0n) is 8.58. The van der Waals surface area contributed by atoms with Crippen LogP contribution in [0.15, 0.2) is 53.0 Å². The SMILES string of the molecule is Clc1ccc(CNc2ccccc2)c(Br)c1. The van der Waals surface area contributed by atoms with Crippen molar-refractivity contribution in [3.05, 3.63) is 63.6 Å². The average molecular weight is 297 g/mol. The predicted molar refractivity (Wildman–Crippen MR) is 72.9 cm³/mol. The fourth-order valence-electron chi connectivity index (χ4n) is 1.42. The van der Waals surface area contributed by atoms with E-state index in [1.165, 1.54) is 5.56 Å². The van der Waals surface area contributed by atoms with Crippen LogP contribution in [-0.4, -0.2) is 0 Å². The third kappa shape index (κ3) is 3.00. The summed E-state index contributed by atoms with van der Waals surface area (Å²) in [4.78, 5) is 0. The second-order valence-corrected chi connectivity index (χ2v) is 4.75. The molecule has 0 spiro atoms. The Morgan fingerprint density at radius 2 is 1.81 bits per heavy atom. The Bertz CT molecular complexity index is 471. The van der Waals surface area contributed by atoms with Crippen molar-refractivity contribution in [1.82, 2.24) is 0 Å². The molecular weight excluding hydrogens is 286 g/mol. The summed E-state index contributed by atoms with van der Waals surface area (Å²) in [5.41, 5.74) is 2.30. The number of hydrogen-bond acceptors (Lipinski definition) is 1. The predicted octanol–water partition coefficient (Wildman–Crippen LogP) is 4.71. The molecule has 0 saturated heterocycles. The molecule has 2 aromatic rings. The molecule has 0 aliphatic heterocycles. The van der Waals surface area contributed by atoms with Gasteiger partial charge in [0.25, 0.3) is 0 Å². The first-order chi connectivity index (χ1) is 7.75. The summed E-state index contributed by atoms with van der Waals surface area (Å²) < 4.78 is 1.03. The topological polar surface area (TPSA) is 12.0 Å². The van der Waals surface area contributed by atoms with E-state index in [0.717, 1.165) is 21.7 Å². The van der Waals surface area contributed by atoms with Crippen molar-refractivity contribution in [2.24, 2.45) is 0 Å². The smallest absolute Gasteiger partial charge is 0.0417 e. The number of benzene rings is 2. The van der Waals surface area contributed by atoms with Gasteiger partial charge in [-0.15, -0.1) is 0 Å². The van der Waals surface area contributed by atoms with E-state index < -0.39 is 0 Å². The van der Waals surface area contributed by atoms with Crippen molar-refractivity contribution in [2.75, 3.05) is 5.32 Å². The van der Waals surface area contributed by atoms with Crippen molar-refractivity contribution in [1.29, 1.82) is 0 Å². The van der Waals surface area contributed by atoms with Crippen molar-refractivity contribution in [2.45, 2.75) is 6.54 Å². The van der Waals surface area contributed by atoms with Crippen LogP contribution in [0.4, 0.5) is 5.69 Å². The van der Waals surface area contributed by atoms with E-state index in [2.05, 4.69) is 21.2 Å². The van der Waals surface area contributed by atoms with Gasteiger partial charge < -0.3 is 5.32 Å². The van der Waals surface area contributed by atoms with E-state index in [-0.39, 0.29) is 0 Å². The highest BCUT2D eigenvalue weighted by Crippen LogP contribution is 2.22. The maximum absolute atomic E-state index is 5.88. The number of para-hydroxylation sites is 1. The summed E-state index contributed by atoms with van der Waals surface area (Å²) in [6, 6.07) is 15.9. The fourth-order valence-corrected chi connectivity index (χ4v) is 2.24. The third-order valence-electron chi connectivity index (χ3n) is 2.27. The molecule has 16 heavy (non-hydrogen) atoms. The Kier molecular flexibility index (Phi) is 3.86. The molecule has 0 aliphatic carbocycles. The molecule has 0 atom stereocenters. The Hall–Kier alpha value is -0.990. The maximum atomic E-state index is 5.88. The summed E-state index contributed by atoms with van der Waals surface area (Å²) >= 11 is 9.38. The zero-order chi connectivity index (χ0) is 11.4. The lowest BCUT2D eigenvalue weighted by molar-refractivity contribution is 1.14. The van der Waals surface area contributed by atoms with Gasteiger partial charge in [0.15, 0.2) is 0 Å². The van der Waals surface area contributed by atoms with Gasteiger partial charge in [-0.25, -0.2) is 0 Å². The molecule has 1 N–H and O–H groups in total. The standard InChI is InChI=1S/C13H11BrClN/c14-13-8-11(15)7-6-10(13)9-16-12-4-2-1-3-5-12/h1-8,16H,9H2. The largest absolute Gasteiger partial charge is 0.381 e. The molecule has 2 rings (SSSR count). The molecule has 0 saturated carbocycles. The highest BCUT2D eigenvalue weighted by molar-refractivity contribution is 9.10. The maximum Gasteiger partial charge on any atom is 0.0417 e. The first kappa shape index (κ1) is 11.5. The van der Waals surface area contributed by atoms with Gasteiger partial charge in [0.2, 0.25) is 0 Å². The first-order valence-electron chi connectivity index (χ1n) is 4.98. The van der Waals surface area contributed by atoms with Crippen LogP contribution in [0.5, 0.6) is 0 Å². The molecule has 3 heteroatoms. The summed E-state index contributed by atoms with van der Waals surface area (Å²) in [5.74, 6) is 0. The molecule has 1 nitrogen and oxygen atoms in total. The van der Waals surface area contributed by atoms with Crippen LogP contribution in [0.3, 0.4) is 0 Å². The van der Waals surface area contributed by atoms with Gasteiger partial charge >= 0.3 is 0 Å².